The lowest BCUT2D eigenvalue weighted by molar-refractivity contribution is 0.396. The van der Waals surface area contributed by atoms with Crippen molar-refractivity contribution in [1.29, 1.82) is 0 Å². The van der Waals surface area contributed by atoms with E-state index in [4.69, 9.17) is 27.9 Å². The van der Waals surface area contributed by atoms with Crippen LogP contribution in [0.1, 0.15) is 19.9 Å². The minimum Gasteiger partial charge on any atom is -0.425 e. The summed E-state index contributed by atoms with van der Waals surface area (Å²) in [5.74, 6) is 0.679. The van der Waals surface area contributed by atoms with Gasteiger partial charge in [-0.3, -0.25) is 4.57 Å². The molecule has 1 aromatic heterocycles. The number of halogens is 2. The van der Waals surface area contributed by atoms with Crippen molar-refractivity contribution in [3.8, 4) is 11.8 Å². The number of hydrogen-bond acceptors (Lipinski definition) is 2. The van der Waals surface area contributed by atoms with Crippen LogP contribution < -0.4 is 4.74 Å². The summed E-state index contributed by atoms with van der Waals surface area (Å²) in [6.07, 6.45) is 1.58. The fourth-order valence-electron chi connectivity index (χ4n) is 1.48. The Morgan fingerprint density at radius 1 is 1.18 bits per heavy atom. The first-order valence-electron chi connectivity index (χ1n) is 5.24. The summed E-state index contributed by atoms with van der Waals surface area (Å²) in [5, 5.41) is 1.23. The van der Waals surface area contributed by atoms with Crippen LogP contribution in [0.15, 0.2) is 30.5 Å². The quantitative estimate of drug-likeness (QED) is 0.818. The third-order valence-corrected chi connectivity index (χ3v) is 2.79. The maximum absolute atomic E-state index is 6.03. The van der Waals surface area contributed by atoms with E-state index in [1.54, 1.807) is 30.5 Å². The Labute approximate surface area is 110 Å². The van der Waals surface area contributed by atoms with E-state index < -0.39 is 0 Å². The van der Waals surface area contributed by atoms with Crippen molar-refractivity contribution >= 4 is 23.2 Å². The third kappa shape index (κ3) is 2.73. The summed E-state index contributed by atoms with van der Waals surface area (Å²) < 4.78 is 7.47. The van der Waals surface area contributed by atoms with Gasteiger partial charge < -0.3 is 4.74 Å². The molecule has 0 fully saturated rings. The maximum Gasteiger partial charge on any atom is 0.303 e. The highest BCUT2D eigenvalue weighted by atomic mass is 35.5. The van der Waals surface area contributed by atoms with Crippen LogP contribution in [0.3, 0.4) is 0 Å². The fourth-order valence-corrected chi connectivity index (χ4v) is 1.92. The average molecular weight is 271 g/mol. The second-order valence-electron chi connectivity index (χ2n) is 3.88. The van der Waals surface area contributed by atoms with Gasteiger partial charge in [-0.2, -0.15) is 0 Å². The van der Waals surface area contributed by atoms with Gasteiger partial charge in [0.25, 0.3) is 0 Å². The molecule has 1 heterocycles. The molecule has 0 aliphatic heterocycles. The Bertz CT molecular complexity index is 506. The number of ether oxygens (including phenoxy) is 1. The molecule has 0 saturated heterocycles. The molecule has 0 N–H and O–H groups in total. The molecule has 17 heavy (non-hydrogen) atoms. The molecule has 0 radical (unpaired) electrons. The minimum absolute atomic E-state index is 0.187. The molecule has 0 spiro atoms. The molecule has 0 atom stereocenters. The van der Waals surface area contributed by atoms with E-state index in [9.17, 15) is 0 Å². The van der Waals surface area contributed by atoms with Crippen molar-refractivity contribution in [2.24, 2.45) is 0 Å². The molecule has 3 nitrogen and oxygen atoms in total. The van der Waals surface area contributed by atoms with Crippen LogP contribution in [0.2, 0.25) is 10.2 Å². The van der Waals surface area contributed by atoms with E-state index in [0.29, 0.717) is 21.9 Å². The molecule has 1 aromatic carbocycles. The largest absolute Gasteiger partial charge is 0.425 e. The second kappa shape index (κ2) is 4.98. The molecule has 0 bridgehead atoms. The van der Waals surface area contributed by atoms with Crippen molar-refractivity contribution in [2.45, 2.75) is 19.9 Å². The van der Waals surface area contributed by atoms with Crippen LogP contribution >= 0.6 is 23.2 Å². The fraction of sp³-hybridized carbons (Fsp3) is 0.250. The lowest BCUT2D eigenvalue weighted by atomic mass is 10.3. The van der Waals surface area contributed by atoms with Gasteiger partial charge in [0.1, 0.15) is 10.9 Å². The van der Waals surface area contributed by atoms with Gasteiger partial charge in [0.05, 0.1) is 6.20 Å². The van der Waals surface area contributed by atoms with Gasteiger partial charge in [-0.15, -0.1) is 0 Å². The Kier molecular flexibility index (Phi) is 3.60. The number of rotatable bonds is 3. The molecule has 0 aliphatic rings. The average Bonchev–Trinajstić information content (AvgIpc) is 2.63. The molecule has 2 rings (SSSR count). The number of benzene rings is 1. The minimum atomic E-state index is 0.187. The molecule has 0 amide bonds. The topological polar surface area (TPSA) is 27.1 Å². The highest BCUT2D eigenvalue weighted by Gasteiger charge is 2.13. The summed E-state index contributed by atoms with van der Waals surface area (Å²) in [5.41, 5.74) is 0. The van der Waals surface area contributed by atoms with E-state index >= 15 is 0 Å². The Hall–Kier alpha value is -1.19. The predicted molar refractivity (Wildman–Crippen MR) is 69.1 cm³/mol. The van der Waals surface area contributed by atoms with Gasteiger partial charge in [-0.25, -0.2) is 4.98 Å². The normalized spacial score (nSPS) is 10.9. The zero-order chi connectivity index (χ0) is 12.4. The number of aromatic nitrogens is 2. The highest BCUT2D eigenvalue weighted by molar-refractivity contribution is 6.30. The van der Waals surface area contributed by atoms with E-state index in [2.05, 4.69) is 4.98 Å². The standard InChI is InChI=1S/C12H12Cl2N2O/c1-8(2)16-11(14)7-15-12(16)17-10-5-3-9(13)4-6-10/h3-8H,1-2H3. The maximum atomic E-state index is 6.03. The molecule has 0 aliphatic carbocycles. The van der Waals surface area contributed by atoms with Gasteiger partial charge >= 0.3 is 6.01 Å². The first-order valence-corrected chi connectivity index (χ1v) is 5.99. The first kappa shape index (κ1) is 12.3. The summed E-state index contributed by atoms with van der Waals surface area (Å²) in [4.78, 5) is 4.13. The lowest BCUT2D eigenvalue weighted by Gasteiger charge is -2.12. The van der Waals surface area contributed by atoms with Crippen LogP contribution in [0.25, 0.3) is 0 Å². The molecule has 0 unspecified atom stereocenters. The SMILES string of the molecule is CC(C)n1c(Cl)cnc1Oc1ccc(Cl)cc1. The molecular formula is C12H12Cl2N2O. The smallest absolute Gasteiger partial charge is 0.303 e. The Balaban J connectivity index is 2.27. The van der Waals surface area contributed by atoms with Crippen molar-refractivity contribution in [3.63, 3.8) is 0 Å². The first-order chi connectivity index (χ1) is 8.08. The number of nitrogens with zero attached hydrogens (tertiary/aromatic N) is 2. The van der Waals surface area contributed by atoms with Crippen molar-refractivity contribution in [3.05, 3.63) is 40.6 Å². The Morgan fingerprint density at radius 3 is 2.41 bits per heavy atom. The van der Waals surface area contributed by atoms with Gasteiger partial charge in [0, 0.05) is 11.1 Å². The van der Waals surface area contributed by atoms with Crippen molar-refractivity contribution < 1.29 is 4.74 Å². The van der Waals surface area contributed by atoms with E-state index in [1.807, 2.05) is 18.4 Å². The molecule has 90 valence electrons. The van der Waals surface area contributed by atoms with E-state index in [-0.39, 0.29) is 6.04 Å². The summed E-state index contributed by atoms with van der Waals surface area (Å²) in [6.45, 7) is 4.03. The van der Waals surface area contributed by atoms with Crippen molar-refractivity contribution in [1.82, 2.24) is 9.55 Å². The van der Waals surface area contributed by atoms with Crippen LogP contribution in [0, 0.1) is 0 Å². The lowest BCUT2D eigenvalue weighted by Crippen LogP contribution is -2.03. The van der Waals surface area contributed by atoms with Crippen LogP contribution in [-0.4, -0.2) is 9.55 Å². The third-order valence-electron chi connectivity index (χ3n) is 2.26. The molecule has 5 heteroatoms. The number of imidazole rings is 1. The van der Waals surface area contributed by atoms with Gasteiger partial charge in [-0.1, -0.05) is 23.2 Å². The molecular weight excluding hydrogens is 259 g/mol. The van der Waals surface area contributed by atoms with Gasteiger partial charge in [0.15, 0.2) is 0 Å². The Morgan fingerprint density at radius 2 is 1.82 bits per heavy atom. The highest BCUT2D eigenvalue weighted by Crippen LogP contribution is 2.27. The van der Waals surface area contributed by atoms with Gasteiger partial charge in [-0.05, 0) is 38.1 Å². The van der Waals surface area contributed by atoms with E-state index in [1.165, 1.54) is 0 Å². The van der Waals surface area contributed by atoms with Crippen molar-refractivity contribution in [2.75, 3.05) is 0 Å². The predicted octanol–water partition coefficient (Wildman–Crippen LogP) is 4.56. The molecule has 0 saturated carbocycles. The molecule has 2 aromatic rings. The number of hydrogen-bond donors (Lipinski definition) is 0. The van der Waals surface area contributed by atoms with Crippen LogP contribution in [0.4, 0.5) is 0 Å². The second-order valence-corrected chi connectivity index (χ2v) is 4.71. The van der Waals surface area contributed by atoms with Crippen LogP contribution in [0.5, 0.6) is 11.8 Å². The van der Waals surface area contributed by atoms with Gasteiger partial charge in [0.2, 0.25) is 0 Å². The van der Waals surface area contributed by atoms with E-state index in [0.717, 1.165) is 0 Å². The summed E-state index contributed by atoms with van der Waals surface area (Å²) in [6, 6.07) is 7.77. The monoisotopic (exact) mass is 270 g/mol. The summed E-state index contributed by atoms with van der Waals surface area (Å²) in [7, 11) is 0. The summed E-state index contributed by atoms with van der Waals surface area (Å²) >= 11 is 11.8. The zero-order valence-corrected chi connectivity index (χ0v) is 11.0. The zero-order valence-electron chi connectivity index (χ0n) is 9.52. The van der Waals surface area contributed by atoms with Crippen LogP contribution in [-0.2, 0) is 0 Å².